The molecule has 0 aliphatic rings. The molecule has 4 aromatic rings. The molecular weight excluding hydrogens is 502 g/mol. The summed E-state index contributed by atoms with van der Waals surface area (Å²) in [7, 11) is 2.17. The Balaban J connectivity index is 1.53. The van der Waals surface area contributed by atoms with Gasteiger partial charge in [0.25, 0.3) is 0 Å². The third-order valence-electron chi connectivity index (χ3n) is 4.68. The van der Waals surface area contributed by atoms with E-state index < -0.39 is 0 Å². The van der Waals surface area contributed by atoms with E-state index in [1.54, 1.807) is 0 Å². The first-order valence-electron chi connectivity index (χ1n) is 9.60. The van der Waals surface area contributed by atoms with Crippen molar-refractivity contribution in [3.8, 4) is 0 Å². The summed E-state index contributed by atoms with van der Waals surface area (Å²) in [5.41, 5.74) is 5.71. The molecule has 0 saturated carbocycles. The second-order valence-electron chi connectivity index (χ2n) is 6.66. The van der Waals surface area contributed by atoms with E-state index >= 15 is 0 Å². The van der Waals surface area contributed by atoms with Crippen molar-refractivity contribution in [3.05, 3.63) is 144 Å². The zero-order valence-electron chi connectivity index (χ0n) is 15.9. The minimum atomic E-state index is 0.435. The van der Waals surface area contributed by atoms with Gasteiger partial charge in [-0.1, -0.05) is 0 Å². The van der Waals surface area contributed by atoms with E-state index in [1.165, 1.54) is 22.3 Å². The molecule has 0 aliphatic carbocycles. The Morgan fingerprint density at radius 2 is 0.621 bits per heavy atom. The molecule has 144 valence electrons. The third kappa shape index (κ3) is 5.66. The maximum absolute atomic E-state index is 2.28. The Morgan fingerprint density at radius 3 is 0.862 bits per heavy atom. The van der Waals surface area contributed by atoms with Crippen LogP contribution in [-0.4, -0.2) is 27.7 Å². The van der Waals surface area contributed by atoms with E-state index in [-0.39, 0.29) is 0 Å². The molecular formula is C26H22SSe2. The molecule has 0 bridgehead atoms. The Hall–Kier alpha value is -1.73. The van der Waals surface area contributed by atoms with Gasteiger partial charge in [-0.2, -0.15) is 0 Å². The molecule has 4 aromatic carbocycles. The van der Waals surface area contributed by atoms with E-state index in [1.807, 2.05) is 0 Å². The molecule has 0 aromatic heterocycles. The molecule has 0 atom stereocenters. The molecule has 0 N–H and O–H groups in total. The summed E-state index contributed by atoms with van der Waals surface area (Å²) in [5, 5.41) is 0. The van der Waals surface area contributed by atoms with Crippen molar-refractivity contribution >= 4 is 36.3 Å². The summed E-state index contributed by atoms with van der Waals surface area (Å²) >= 11 is 0.870. The van der Waals surface area contributed by atoms with Gasteiger partial charge in [-0.3, -0.25) is 0 Å². The van der Waals surface area contributed by atoms with Gasteiger partial charge in [0.05, 0.1) is 0 Å². The summed E-state index contributed by atoms with van der Waals surface area (Å²) in [4.78, 5) is 0.980. The van der Waals surface area contributed by atoms with Gasteiger partial charge in [-0.25, -0.2) is 0 Å². The summed E-state index contributed by atoms with van der Waals surface area (Å²) in [6, 6.07) is 43.9. The molecule has 0 radical (unpaired) electrons. The van der Waals surface area contributed by atoms with Crippen LogP contribution in [0.4, 0.5) is 0 Å². The maximum atomic E-state index is 2.28. The molecule has 4 rings (SSSR count). The number of hydrogen-bond acceptors (Lipinski definition) is 1. The van der Waals surface area contributed by atoms with E-state index in [2.05, 4.69) is 130 Å². The van der Waals surface area contributed by atoms with Gasteiger partial charge in [0.1, 0.15) is 0 Å². The standard InChI is InChI=1S/C26H22SSe2/c1-5-13-21(14-6-1)25(22-15-7-2-8-16-22)28-27-29-26(23-17-9-3-10-18-23)24-19-11-4-12-20-24/h1-20,25-26H. The Bertz CT molecular complexity index is 814. The first-order valence-corrected chi connectivity index (χ1v) is 16.4. The molecule has 3 heteroatoms. The zero-order chi connectivity index (χ0) is 19.7. The molecule has 0 unspecified atom stereocenters. The fourth-order valence-corrected chi connectivity index (χ4v) is 15.9. The summed E-state index contributed by atoms with van der Waals surface area (Å²) < 4.78 is 0. The van der Waals surface area contributed by atoms with E-state index in [0.29, 0.717) is 37.3 Å². The minimum absolute atomic E-state index is 0.435. The van der Waals surface area contributed by atoms with Crippen LogP contribution in [0.1, 0.15) is 31.9 Å². The van der Waals surface area contributed by atoms with Crippen LogP contribution in [0, 0.1) is 0 Å². The van der Waals surface area contributed by atoms with Crippen LogP contribution < -0.4 is 0 Å². The third-order valence-corrected chi connectivity index (χ3v) is 16.1. The molecule has 0 spiro atoms. The monoisotopic (exact) mass is 526 g/mol. The number of benzene rings is 4. The number of rotatable bonds is 8. The van der Waals surface area contributed by atoms with Crippen LogP contribution >= 0.6 is 8.60 Å². The molecule has 29 heavy (non-hydrogen) atoms. The second-order valence-corrected chi connectivity index (χ2v) is 16.9. The van der Waals surface area contributed by atoms with Crippen molar-refractivity contribution in [2.45, 2.75) is 9.63 Å². The van der Waals surface area contributed by atoms with Crippen LogP contribution in [-0.2, 0) is 0 Å². The topological polar surface area (TPSA) is 0 Å². The summed E-state index contributed by atoms with van der Waals surface area (Å²) in [5.74, 6) is 0. The Kier molecular flexibility index (Phi) is 7.70. The molecule has 0 heterocycles. The van der Waals surface area contributed by atoms with Crippen molar-refractivity contribution in [2.75, 3.05) is 0 Å². The number of hydrogen-bond donors (Lipinski definition) is 0. The van der Waals surface area contributed by atoms with Crippen molar-refractivity contribution < 1.29 is 0 Å². The van der Waals surface area contributed by atoms with Gasteiger partial charge in [0.15, 0.2) is 0 Å². The fourth-order valence-electron chi connectivity index (χ4n) is 3.22. The van der Waals surface area contributed by atoms with Crippen molar-refractivity contribution in [1.82, 2.24) is 0 Å². The van der Waals surface area contributed by atoms with Crippen molar-refractivity contribution in [3.63, 3.8) is 0 Å². The molecule has 0 nitrogen and oxygen atoms in total. The van der Waals surface area contributed by atoms with Gasteiger partial charge < -0.3 is 0 Å². The van der Waals surface area contributed by atoms with Crippen LogP contribution in [0.3, 0.4) is 0 Å². The predicted octanol–water partition coefficient (Wildman–Crippen LogP) is 6.54. The molecule has 0 amide bonds. The van der Waals surface area contributed by atoms with Crippen LogP contribution in [0.2, 0.25) is 0 Å². The predicted molar refractivity (Wildman–Crippen MR) is 129 cm³/mol. The Labute approximate surface area is 188 Å². The summed E-state index contributed by atoms with van der Waals surface area (Å²) in [6.45, 7) is 0. The van der Waals surface area contributed by atoms with Crippen LogP contribution in [0.5, 0.6) is 0 Å². The van der Waals surface area contributed by atoms with Gasteiger partial charge in [0, 0.05) is 0 Å². The fraction of sp³-hybridized carbons (Fsp3) is 0.0769. The van der Waals surface area contributed by atoms with Gasteiger partial charge in [-0.05, 0) is 0 Å². The van der Waals surface area contributed by atoms with Crippen molar-refractivity contribution in [1.29, 1.82) is 0 Å². The normalized spacial score (nSPS) is 11.1. The van der Waals surface area contributed by atoms with Crippen molar-refractivity contribution in [2.24, 2.45) is 0 Å². The summed E-state index contributed by atoms with van der Waals surface area (Å²) in [6.07, 6.45) is 0. The van der Waals surface area contributed by atoms with E-state index in [0.717, 1.165) is 0 Å². The van der Waals surface area contributed by atoms with Gasteiger partial charge in [-0.15, -0.1) is 0 Å². The zero-order valence-corrected chi connectivity index (χ0v) is 20.2. The van der Waals surface area contributed by atoms with E-state index in [9.17, 15) is 0 Å². The van der Waals surface area contributed by atoms with Gasteiger partial charge >= 0.3 is 189 Å². The molecule has 0 aliphatic heterocycles. The average molecular weight is 524 g/mol. The van der Waals surface area contributed by atoms with Crippen LogP contribution in [0.15, 0.2) is 121 Å². The molecule has 0 fully saturated rings. The molecule has 0 saturated heterocycles. The Morgan fingerprint density at radius 1 is 0.379 bits per heavy atom. The van der Waals surface area contributed by atoms with Crippen LogP contribution in [0.25, 0.3) is 0 Å². The first-order chi connectivity index (χ1) is 14.4. The van der Waals surface area contributed by atoms with Gasteiger partial charge in [0.2, 0.25) is 0 Å². The van der Waals surface area contributed by atoms with E-state index in [4.69, 9.17) is 0 Å². The quantitative estimate of drug-likeness (QED) is 0.236. The SMILES string of the molecule is c1ccc(C([Se]S[Se]C(c2ccccc2)c2ccccc2)c2ccccc2)cc1. The first kappa shape index (κ1) is 20.5. The second kappa shape index (κ2) is 10.9. The average Bonchev–Trinajstić information content (AvgIpc) is 2.81.